The van der Waals surface area contributed by atoms with Crippen molar-refractivity contribution in [3.8, 4) is 0 Å². The smallest absolute Gasteiger partial charge is 0.279 e. The molecule has 1 heterocycles. The van der Waals surface area contributed by atoms with Crippen LogP contribution in [0.1, 0.15) is 19.8 Å². The van der Waals surface area contributed by atoms with Crippen molar-refractivity contribution in [2.24, 2.45) is 5.92 Å². The first-order valence-electron chi connectivity index (χ1n) is 5.82. The minimum atomic E-state index is -3.37. The van der Waals surface area contributed by atoms with Gasteiger partial charge in [-0.1, -0.05) is 22.9 Å². The molecule has 0 spiro atoms. The van der Waals surface area contributed by atoms with Gasteiger partial charge >= 0.3 is 0 Å². The lowest BCUT2D eigenvalue weighted by atomic mass is 10.0. The van der Waals surface area contributed by atoms with Crippen LogP contribution >= 0.6 is 15.9 Å². The number of alkyl halides is 1. The van der Waals surface area contributed by atoms with Gasteiger partial charge in [-0.05, 0) is 18.8 Å². The van der Waals surface area contributed by atoms with Crippen LogP contribution in [0.25, 0.3) is 0 Å². The standard InChI is InChI=1S/C10H21BrN2O3S/c1-9-3-5-13(6-4-9)17(14,15)12-10(7-11)8-16-2/h9-10,12H,3-8H2,1-2H3. The molecule has 1 unspecified atom stereocenters. The zero-order valence-corrected chi connectivity index (χ0v) is 12.8. The Labute approximate surface area is 112 Å². The third kappa shape index (κ3) is 4.82. The molecule has 5 nitrogen and oxygen atoms in total. The summed E-state index contributed by atoms with van der Waals surface area (Å²) >= 11 is 3.28. The Morgan fingerprint density at radius 2 is 2.06 bits per heavy atom. The predicted molar refractivity (Wildman–Crippen MR) is 71.5 cm³/mol. The zero-order valence-electron chi connectivity index (χ0n) is 10.4. The molecule has 7 heteroatoms. The Hall–Kier alpha value is 0.310. The van der Waals surface area contributed by atoms with E-state index in [1.807, 2.05) is 0 Å². The molecular weight excluding hydrogens is 308 g/mol. The van der Waals surface area contributed by atoms with Crippen molar-refractivity contribution in [1.82, 2.24) is 9.03 Å². The van der Waals surface area contributed by atoms with Gasteiger partial charge in [-0.2, -0.15) is 17.4 Å². The maximum atomic E-state index is 12.1. The average molecular weight is 329 g/mol. The number of nitrogens with zero attached hydrogens (tertiary/aromatic N) is 1. The van der Waals surface area contributed by atoms with Crippen LogP contribution in [-0.4, -0.2) is 50.9 Å². The maximum absolute atomic E-state index is 12.1. The fraction of sp³-hybridized carbons (Fsp3) is 1.00. The summed E-state index contributed by atoms with van der Waals surface area (Å²) in [4.78, 5) is 0. The molecule has 1 aliphatic heterocycles. The normalized spacial score (nSPS) is 21.6. The van der Waals surface area contributed by atoms with Crippen molar-refractivity contribution in [2.75, 3.05) is 32.1 Å². The lowest BCUT2D eigenvalue weighted by molar-refractivity contribution is 0.180. The molecule has 0 radical (unpaired) electrons. The van der Waals surface area contributed by atoms with E-state index in [9.17, 15) is 8.42 Å². The number of hydrogen-bond acceptors (Lipinski definition) is 3. The second kappa shape index (κ2) is 7.04. The highest BCUT2D eigenvalue weighted by molar-refractivity contribution is 9.09. The molecule has 0 bridgehead atoms. The Morgan fingerprint density at radius 1 is 1.47 bits per heavy atom. The van der Waals surface area contributed by atoms with E-state index in [0.29, 0.717) is 30.9 Å². The Kier molecular flexibility index (Phi) is 6.36. The molecule has 1 aliphatic rings. The van der Waals surface area contributed by atoms with Crippen LogP contribution in [-0.2, 0) is 14.9 Å². The number of hydrogen-bond donors (Lipinski definition) is 1. The molecule has 0 amide bonds. The van der Waals surface area contributed by atoms with Gasteiger partial charge in [0.05, 0.1) is 12.6 Å². The van der Waals surface area contributed by atoms with Crippen LogP contribution in [0.5, 0.6) is 0 Å². The first-order chi connectivity index (χ1) is 7.99. The molecule has 1 rings (SSSR count). The highest BCUT2D eigenvalue weighted by atomic mass is 79.9. The lowest BCUT2D eigenvalue weighted by Gasteiger charge is -2.30. The maximum Gasteiger partial charge on any atom is 0.279 e. The zero-order chi connectivity index (χ0) is 12.9. The summed E-state index contributed by atoms with van der Waals surface area (Å²) in [5.74, 6) is 0.618. The van der Waals surface area contributed by atoms with Crippen LogP contribution in [0.2, 0.25) is 0 Å². The second-order valence-electron chi connectivity index (χ2n) is 4.51. The van der Waals surface area contributed by atoms with Crippen LogP contribution in [0, 0.1) is 5.92 Å². The van der Waals surface area contributed by atoms with Crippen LogP contribution in [0.15, 0.2) is 0 Å². The molecule has 0 aromatic rings. The molecule has 0 aromatic heterocycles. The molecule has 0 aliphatic carbocycles. The molecule has 1 atom stereocenters. The summed E-state index contributed by atoms with van der Waals surface area (Å²) in [5.41, 5.74) is 0. The highest BCUT2D eigenvalue weighted by Gasteiger charge is 2.28. The Bertz CT molecular complexity index is 316. The van der Waals surface area contributed by atoms with Gasteiger partial charge in [-0.25, -0.2) is 0 Å². The first kappa shape index (κ1) is 15.4. The summed E-state index contributed by atoms with van der Waals surface area (Å²) in [6, 6.07) is -0.218. The van der Waals surface area contributed by atoms with E-state index in [4.69, 9.17) is 4.74 Å². The molecule has 0 saturated carbocycles. The van der Waals surface area contributed by atoms with Crippen molar-refractivity contribution in [2.45, 2.75) is 25.8 Å². The van der Waals surface area contributed by atoms with Crippen molar-refractivity contribution in [1.29, 1.82) is 0 Å². The van der Waals surface area contributed by atoms with E-state index < -0.39 is 10.2 Å². The van der Waals surface area contributed by atoms with Gasteiger partial charge in [-0.3, -0.25) is 0 Å². The van der Waals surface area contributed by atoms with E-state index in [2.05, 4.69) is 27.6 Å². The minimum absolute atomic E-state index is 0.218. The van der Waals surface area contributed by atoms with E-state index in [1.165, 1.54) is 4.31 Å². The Balaban J connectivity index is 2.55. The van der Waals surface area contributed by atoms with Gasteiger partial charge in [-0.15, -0.1) is 0 Å². The SMILES string of the molecule is COCC(CBr)NS(=O)(=O)N1CCC(C)CC1. The van der Waals surface area contributed by atoms with Gasteiger partial charge in [0.15, 0.2) is 0 Å². The van der Waals surface area contributed by atoms with E-state index in [1.54, 1.807) is 7.11 Å². The van der Waals surface area contributed by atoms with Crippen molar-refractivity contribution in [3.63, 3.8) is 0 Å². The quantitative estimate of drug-likeness (QED) is 0.739. The van der Waals surface area contributed by atoms with Crippen LogP contribution < -0.4 is 4.72 Å². The number of halogens is 1. The molecule has 1 fully saturated rings. The predicted octanol–water partition coefficient (Wildman–Crippen LogP) is 0.963. The van der Waals surface area contributed by atoms with Crippen LogP contribution in [0.4, 0.5) is 0 Å². The van der Waals surface area contributed by atoms with Gasteiger partial charge in [0.25, 0.3) is 10.2 Å². The van der Waals surface area contributed by atoms with E-state index in [-0.39, 0.29) is 6.04 Å². The van der Waals surface area contributed by atoms with E-state index in [0.717, 1.165) is 12.8 Å². The van der Waals surface area contributed by atoms with Crippen molar-refractivity contribution < 1.29 is 13.2 Å². The third-order valence-corrected chi connectivity index (χ3v) is 5.41. The molecule has 0 aromatic carbocycles. The first-order valence-corrected chi connectivity index (χ1v) is 8.38. The summed E-state index contributed by atoms with van der Waals surface area (Å²) in [6.07, 6.45) is 1.87. The number of piperidine rings is 1. The number of methoxy groups -OCH3 is 1. The molecule has 17 heavy (non-hydrogen) atoms. The minimum Gasteiger partial charge on any atom is -0.383 e. The van der Waals surface area contributed by atoms with Crippen molar-refractivity contribution in [3.05, 3.63) is 0 Å². The van der Waals surface area contributed by atoms with E-state index >= 15 is 0 Å². The molecular formula is C10H21BrN2O3S. The van der Waals surface area contributed by atoms with Gasteiger partial charge in [0, 0.05) is 25.5 Å². The number of rotatable bonds is 6. The van der Waals surface area contributed by atoms with Crippen molar-refractivity contribution >= 4 is 26.1 Å². The second-order valence-corrected chi connectivity index (χ2v) is 6.86. The average Bonchev–Trinajstić information content (AvgIpc) is 2.28. The molecule has 1 saturated heterocycles. The van der Waals surface area contributed by atoms with Crippen LogP contribution in [0.3, 0.4) is 0 Å². The summed E-state index contributed by atoms with van der Waals surface area (Å²) < 4.78 is 33.3. The summed E-state index contributed by atoms with van der Waals surface area (Å²) in [6.45, 7) is 3.75. The monoisotopic (exact) mass is 328 g/mol. The summed E-state index contributed by atoms with van der Waals surface area (Å²) in [7, 11) is -1.80. The molecule has 1 N–H and O–H groups in total. The highest BCUT2D eigenvalue weighted by Crippen LogP contribution is 2.18. The fourth-order valence-corrected chi connectivity index (χ4v) is 3.80. The lowest BCUT2D eigenvalue weighted by Crippen LogP contribution is -2.49. The van der Waals surface area contributed by atoms with Gasteiger partial charge < -0.3 is 4.74 Å². The largest absolute Gasteiger partial charge is 0.383 e. The number of nitrogens with one attached hydrogen (secondary N) is 1. The fourth-order valence-electron chi connectivity index (χ4n) is 1.82. The topological polar surface area (TPSA) is 58.6 Å². The number of ether oxygens (including phenoxy) is 1. The van der Waals surface area contributed by atoms with Gasteiger partial charge in [0.2, 0.25) is 0 Å². The molecule has 102 valence electrons. The third-order valence-electron chi connectivity index (χ3n) is 2.95. The van der Waals surface area contributed by atoms with Gasteiger partial charge in [0.1, 0.15) is 0 Å². The summed E-state index contributed by atoms with van der Waals surface area (Å²) in [5, 5.41) is 0.546. The Morgan fingerprint density at radius 3 is 2.53 bits per heavy atom.